The highest BCUT2D eigenvalue weighted by molar-refractivity contribution is 5.92. The van der Waals surface area contributed by atoms with Gasteiger partial charge in [0.05, 0.1) is 0 Å². The van der Waals surface area contributed by atoms with Gasteiger partial charge in [0.1, 0.15) is 5.54 Å². The van der Waals surface area contributed by atoms with E-state index in [0.717, 1.165) is 25.7 Å². The summed E-state index contributed by atoms with van der Waals surface area (Å²) in [7, 11) is 0. The number of piperazine rings is 1. The van der Waals surface area contributed by atoms with Gasteiger partial charge in [-0.1, -0.05) is 6.42 Å². The molecule has 1 aliphatic carbocycles. The first kappa shape index (κ1) is 13.3. The SMILES string of the molecule is CC1(C)C(=O)NCCN1C(=O)C1CCCC(N)C1. The lowest BCUT2D eigenvalue weighted by Gasteiger charge is -2.43. The van der Waals surface area contributed by atoms with E-state index in [1.54, 1.807) is 4.90 Å². The molecule has 2 unspecified atom stereocenters. The fourth-order valence-corrected chi connectivity index (χ4v) is 2.96. The highest BCUT2D eigenvalue weighted by Gasteiger charge is 2.42. The highest BCUT2D eigenvalue weighted by Crippen LogP contribution is 2.28. The lowest BCUT2D eigenvalue weighted by Crippen LogP contribution is -2.64. The number of hydrogen-bond acceptors (Lipinski definition) is 3. The van der Waals surface area contributed by atoms with E-state index >= 15 is 0 Å². The van der Waals surface area contributed by atoms with Gasteiger partial charge in [-0.15, -0.1) is 0 Å². The topological polar surface area (TPSA) is 75.4 Å². The fraction of sp³-hybridized carbons (Fsp3) is 0.846. The zero-order chi connectivity index (χ0) is 13.3. The van der Waals surface area contributed by atoms with Crippen molar-refractivity contribution < 1.29 is 9.59 Å². The summed E-state index contributed by atoms with van der Waals surface area (Å²) >= 11 is 0. The number of carbonyl (C=O) groups is 2. The average molecular weight is 253 g/mol. The van der Waals surface area contributed by atoms with Crippen molar-refractivity contribution in [2.75, 3.05) is 13.1 Å². The molecule has 0 radical (unpaired) electrons. The van der Waals surface area contributed by atoms with Crippen LogP contribution in [0, 0.1) is 5.92 Å². The van der Waals surface area contributed by atoms with Gasteiger partial charge in [-0.2, -0.15) is 0 Å². The molecule has 18 heavy (non-hydrogen) atoms. The van der Waals surface area contributed by atoms with Crippen LogP contribution in [0.25, 0.3) is 0 Å². The molecule has 5 nitrogen and oxygen atoms in total. The maximum absolute atomic E-state index is 12.6. The summed E-state index contributed by atoms with van der Waals surface area (Å²) in [5, 5.41) is 2.81. The molecule has 1 heterocycles. The minimum atomic E-state index is -0.739. The van der Waals surface area contributed by atoms with E-state index in [1.807, 2.05) is 13.8 Å². The van der Waals surface area contributed by atoms with E-state index in [0.29, 0.717) is 13.1 Å². The van der Waals surface area contributed by atoms with Gasteiger partial charge in [0, 0.05) is 25.0 Å². The molecule has 2 amide bonds. The minimum Gasteiger partial charge on any atom is -0.352 e. The van der Waals surface area contributed by atoms with Crippen LogP contribution in [0.5, 0.6) is 0 Å². The average Bonchev–Trinajstić information content (AvgIpc) is 2.32. The highest BCUT2D eigenvalue weighted by atomic mass is 16.2. The predicted molar refractivity (Wildman–Crippen MR) is 68.7 cm³/mol. The van der Waals surface area contributed by atoms with Crippen molar-refractivity contribution in [2.45, 2.75) is 51.1 Å². The number of nitrogens with one attached hydrogen (secondary N) is 1. The van der Waals surface area contributed by atoms with Crippen LogP contribution in [0.15, 0.2) is 0 Å². The third-order valence-corrected chi connectivity index (χ3v) is 4.18. The minimum absolute atomic E-state index is 0.000995. The van der Waals surface area contributed by atoms with Gasteiger partial charge in [0.15, 0.2) is 0 Å². The molecule has 2 fully saturated rings. The quantitative estimate of drug-likeness (QED) is 0.703. The number of carbonyl (C=O) groups excluding carboxylic acids is 2. The van der Waals surface area contributed by atoms with Crippen molar-refractivity contribution >= 4 is 11.8 Å². The zero-order valence-corrected chi connectivity index (χ0v) is 11.2. The van der Waals surface area contributed by atoms with Gasteiger partial charge in [-0.05, 0) is 33.1 Å². The van der Waals surface area contributed by atoms with Gasteiger partial charge in [0.2, 0.25) is 11.8 Å². The Labute approximate surface area is 108 Å². The molecule has 0 bridgehead atoms. The van der Waals surface area contributed by atoms with Crippen LogP contribution in [0.1, 0.15) is 39.5 Å². The maximum atomic E-state index is 12.6. The number of rotatable bonds is 1. The van der Waals surface area contributed by atoms with Crippen LogP contribution in [0.2, 0.25) is 0 Å². The smallest absolute Gasteiger partial charge is 0.245 e. The summed E-state index contributed by atoms with van der Waals surface area (Å²) < 4.78 is 0. The second kappa shape index (κ2) is 4.88. The molecular weight excluding hydrogens is 230 g/mol. The Morgan fingerprint density at radius 1 is 1.44 bits per heavy atom. The first-order valence-electron chi connectivity index (χ1n) is 6.78. The number of nitrogens with two attached hydrogens (primary N) is 1. The van der Waals surface area contributed by atoms with E-state index in [2.05, 4.69) is 5.32 Å². The molecule has 1 aliphatic heterocycles. The molecule has 102 valence electrons. The Bertz CT molecular complexity index is 354. The summed E-state index contributed by atoms with van der Waals surface area (Å²) in [6.07, 6.45) is 3.68. The van der Waals surface area contributed by atoms with Crippen molar-refractivity contribution in [3.63, 3.8) is 0 Å². The molecule has 1 saturated carbocycles. The third kappa shape index (κ3) is 2.36. The van der Waals surface area contributed by atoms with E-state index in [1.165, 1.54) is 0 Å². The van der Waals surface area contributed by atoms with Crippen LogP contribution in [-0.4, -0.2) is 41.4 Å². The predicted octanol–water partition coefficient (Wildman–Crippen LogP) is 0.241. The molecule has 0 aromatic heterocycles. The Morgan fingerprint density at radius 2 is 2.17 bits per heavy atom. The first-order chi connectivity index (χ1) is 8.43. The van der Waals surface area contributed by atoms with Crippen molar-refractivity contribution in [3.05, 3.63) is 0 Å². The van der Waals surface area contributed by atoms with Gasteiger partial charge in [-0.25, -0.2) is 0 Å². The summed E-state index contributed by atoms with van der Waals surface area (Å²) in [4.78, 5) is 26.1. The van der Waals surface area contributed by atoms with Crippen LogP contribution >= 0.6 is 0 Å². The summed E-state index contributed by atoms with van der Waals surface area (Å²) in [5.74, 6) is 0.0335. The van der Waals surface area contributed by atoms with Gasteiger partial charge in [0.25, 0.3) is 0 Å². The molecule has 0 aromatic carbocycles. The molecular formula is C13H23N3O2. The number of nitrogens with zero attached hydrogens (tertiary/aromatic N) is 1. The molecule has 2 rings (SSSR count). The van der Waals surface area contributed by atoms with Crippen LogP contribution in [0.4, 0.5) is 0 Å². The second-order valence-electron chi connectivity index (χ2n) is 5.93. The molecule has 5 heteroatoms. The monoisotopic (exact) mass is 253 g/mol. The molecule has 0 aromatic rings. The van der Waals surface area contributed by atoms with Gasteiger partial charge >= 0.3 is 0 Å². The number of amides is 2. The second-order valence-corrected chi connectivity index (χ2v) is 5.93. The van der Waals surface area contributed by atoms with Gasteiger partial charge < -0.3 is 16.0 Å². The van der Waals surface area contributed by atoms with Crippen molar-refractivity contribution in [1.82, 2.24) is 10.2 Å². The Balaban J connectivity index is 2.10. The van der Waals surface area contributed by atoms with Crippen molar-refractivity contribution in [2.24, 2.45) is 11.7 Å². The standard InChI is InChI=1S/C13H23N3O2/c1-13(2)12(18)15-6-7-16(13)11(17)9-4-3-5-10(14)8-9/h9-10H,3-8,14H2,1-2H3,(H,15,18). The zero-order valence-electron chi connectivity index (χ0n) is 11.2. The summed E-state index contributed by atoms with van der Waals surface area (Å²) in [6.45, 7) is 4.76. The van der Waals surface area contributed by atoms with Crippen LogP contribution in [0.3, 0.4) is 0 Å². The van der Waals surface area contributed by atoms with E-state index in [9.17, 15) is 9.59 Å². The van der Waals surface area contributed by atoms with Crippen molar-refractivity contribution in [1.29, 1.82) is 0 Å². The lowest BCUT2D eigenvalue weighted by atomic mass is 9.84. The third-order valence-electron chi connectivity index (χ3n) is 4.18. The van der Waals surface area contributed by atoms with Gasteiger partial charge in [-0.3, -0.25) is 9.59 Å². The Morgan fingerprint density at radius 3 is 2.83 bits per heavy atom. The Kier molecular flexibility index (Phi) is 3.61. The summed E-state index contributed by atoms with van der Waals surface area (Å²) in [6, 6.07) is 0.134. The normalized spacial score (nSPS) is 31.9. The van der Waals surface area contributed by atoms with E-state index in [4.69, 9.17) is 5.73 Å². The van der Waals surface area contributed by atoms with Crippen molar-refractivity contribution in [3.8, 4) is 0 Å². The molecule has 1 saturated heterocycles. The first-order valence-corrected chi connectivity index (χ1v) is 6.78. The Hall–Kier alpha value is -1.10. The van der Waals surface area contributed by atoms with E-state index < -0.39 is 5.54 Å². The fourth-order valence-electron chi connectivity index (χ4n) is 2.96. The van der Waals surface area contributed by atoms with Crippen LogP contribution < -0.4 is 11.1 Å². The molecule has 0 spiro atoms. The largest absolute Gasteiger partial charge is 0.352 e. The van der Waals surface area contributed by atoms with E-state index in [-0.39, 0.29) is 23.8 Å². The van der Waals surface area contributed by atoms with Crippen LogP contribution in [-0.2, 0) is 9.59 Å². The number of hydrogen-bond donors (Lipinski definition) is 2. The molecule has 3 N–H and O–H groups in total. The summed E-state index contributed by atoms with van der Waals surface area (Å²) in [5.41, 5.74) is 5.20. The lowest BCUT2D eigenvalue weighted by molar-refractivity contribution is -0.152. The molecule has 2 atom stereocenters. The molecule has 2 aliphatic rings. The maximum Gasteiger partial charge on any atom is 0.245 e.